The van der Waals surface area contributed by atoms with Gasteiger partial charge >= 0.3 is 0 Å². The Morgan fingerprint density at radius 3 is 2.56 bits per heavy atom. The van der Waals surface area contributed by atoms with Crippen LogP contribution in [0.5, 0.6) is 17.2 Å². The van der Waals surface area contributed by atoms with Crippen molar-refractivity contribution in [2.45, 2.75) is 26.7 Å². The lowest BCUT2D eigenvalue weighted by Gasteiger charge is -2.12. The average molecular weight is 452 g/mol. The van der Waals surface area contributed by atoms with E-state index >= 15 is 0 Å². The zero-order chi connectivity index (χ0) is 22.5. The highest BCUT2D eigenvalue weighted by Crippen LogP contribution is 2.29. The van der Waals surface area contributed by atoms with Gasteiger partial charge in [-0.2, -0.15) is 9.50 Å². The molecule has 0 atom stereocenters. The molecule has 7 nitrogen and oxygen atoms in total. The van der Waals surface area contributed by atoms with Crippen molar-refractivity contribution in [2.24, 2.45) is 0 Å². The van der Waals surface area contributed by atoms with Gasteiger partial charge in [0.05, 0.1) is 24.9 Å². The van der Waals surface area contributed by atoms with Crippen LogP contribution in [-0.4, -0.2) is 34.9 Å². The molecule has 0 amide bonds. The fraction of sp³-hybridized carbons (Fsp3) is 0.292. The summed E-state index contributed by atoms with van der Waals surface area (Å²) >= 11 is 1.31. The van der Waals surface area contributed by atoms with Crippen LogP contribution in [-0.2, 0) is 0 Å². The van der Waals surface area contributed by atoms with Crippen LogP contribution in [0.1, 0.15) is 32.3 Å². The first-order valence-corrected chi connectivity index (χ1v) is 11.4. The molecule has 0 aliphatic carbocycles. The second-order valence-electron chi connectivity index (χ2n) is 7.12. The van der Waals surface area contributed by atoms with Crippen LogP contribution in [0.3, 0.4) is 0 Å². The molecule has 166 valence electrons. The monoisotopic (exact) mass is 451 g/mol. The van der Waals surface area contributed by atoms with E-state index < -0.39 is 0 Å². The van der Waals surface area contributed by atoms with E-state index in [1.165, 1.54) is 15.9 Å². The Morgan fingerprint density at radius 1 is 1.06 bits per heavy atom. The summed E-state index contributed by atoms with van der Waals surface area (Å²) in [6.07, 6.45) is 3.88. The minimum absolute atomic E-state index is 0.196. The summed E-state index contributed by atoms with van der Waals surface area (Å²) in [5.41, 5.74) is 1.48. The number of thiazole rings is 1. The van der Waals surface area contributed by atoms with Crippen molar-refractivity contribution in [1.29, 1.82) is 0 Å². The van der Waals surface area contributed by atoms with Crippen LogP contribution < -0.4 is 24.3 Å². The Kier molecular flexibility index (Phi) is 6.70. The molecule has 0 saturated heterocycles. The smallest absolute Gasteiger partial charge is 0.291 e. The van der Waals surface area contributed by atoms with Crippen LogP contribution in [0.4, 0.5) is 0 Å². The molecular formula is C24H25N3O4S. The summed E-state index contributed by atoms with van der Waals surface area (Å²) in [6.45, 7) is 5.24. The Bertz CT molecular complexity index is 1310. The zero-order valence-electron chi connectivity index (χ0n) is 18.3. The second-order valence-corrected chi connectivity index (χ2v) is 8.12. The summed E-state index contributed by atoms with van der Waals surface area (Å²) in [6, 6.07) is 13.1. The van der Waals surface area contributed by atoms with Gasteiger partial charge in [0.25, 0.3) is 5.56 Å². The Morgan fingerprint density at radius 2 is 1.88 bits per heavy atom. The topological polar surface area (TPSA) is 75.0 Å². The van der Waals surface area contributed by atoms with Gasteiger partial charge in [0.2, 0.25) is 4.96 Å². The number of methoxy groups -OCH3 is 1. The van der Waals surface area contributed by atoms with E-state index in [9.17, 15) is 4.79 Å². The lowest BCUT2D eigenvalue weighted by molar-refractivity contribution is 0.272. The first-order chi connectivity index (χ1) is 15.6. The number of ether oxygens (including phenoxy) is 3. The number of hydrogen-bond donors (Lipinski definition) is 0. The van der Waals surface area contributed by atoms with Crippen molar-refractivity contribution < 1.29 is 14.2 Å². The number of unbranched alkanes of at least 4 members (excludes halogenated alkanes) is 1. The molecule has 2 aromatic heterocycles. The van der Waals surface area contributed by atoms with E-state index in [1.807, 2.05) is 55.5 Å². The van der Waals surface area contributed by atoms with Gasteiger partial charge in [0, 0.05) is 5.56 Å². The van der Waals surface area contributed by atoms with Gasteiger partial charge in [-0.1, -0.05) is 30.7 Å². The van der Waals surface area contributed by atoms with Gasteiger partial charge in [-0.05, 0) is 61.4 Å². The number of aromatic nitrogens is 3. The van der Waals surface area contributed by atoms with Gasteiger partial charge in [0.15, 0.2) is 17.3 Å². The summed E-state index contributed by atoms with van der Waals surface area (Å²) in [5.74, 6) is 2.65. The summed E-state index contributed by atoms with van der Waals surface area (Å²) in [7, 11) is 1.62. The fourth-order valence-corrected chi connectivity index (χ4v) is 4.08. The number of nitrogens with zero attached hydrogens (tertiary/aromatic N) is 3. The lowest BCUT2D eigenvalue weighted by atomic mass is 10.2. The van der Waals surface area contributed by atoms with Gasteiger partial charge in [-0.3, -0.25) is 4.79 Å². The molecule has 0 saturated carbocycles. The van der Waals surface area contributed by atoms with Crippen LogP contribution in [0, 0.1) is 0 Å². The van der Waals surface area contributed by atoms with Crippen molar-refractivity contribution in [2.75, 3.05) is 20.3 Å². The van der Waals surface area contributed by atoms with Gasteiger partial charge in [0.1, 0.15) is 5.75 Å². The van der Waals surface area contributed by atoms with E-state index in [0.29, 0.717) is 40.0 Å². The number of fused-ring (bicyclic) bond motifs is 1. The maximum absolute atomic E-state index is 12.9. The summed E-state index contributed by atoms with van der Waals surface area (Å²) < 4.78 is 18.7. The molecule has 2 aromatic carbocycles. The van der Waals surface area contributed by atoms with E-state index in [2.05, 4.69) is 17.0 Å². The predicted octanol–water partition coefficient (Wildman–Crippen LogP) is 3.95. The number of rotatable bonds is 9. The number of hydrogen-bond acceptors (Lipinski definition) is 7. The third-order valence-electron chi connectivity index (χ3n) is 4.85. The summed E-state index contributed by atoms with van der Waals surface area (Å²) in [5, 5.41) is 4.40. The van der Waals surface area contributed by atoms with Crippen LogP contribution >= 0.6 is 11.3 Å². The normalized spacial score (nSPS) is 11.8. The molecule has 0 aliphatic rings. The van der Waals surface area contributed by atoms with Crippen LogP contribution in [0.2, 0.25) is 0 Å². The minimum Gasteiger partial charge on any atom is -0.497 e. The van der Waals surface area contributed by atoms with Crippen molar-refractivity contribution in [3.8, 4) is 28.6 Å². The molecule has 0 fully saturated rings. The standard InChI is InChI=1S/C24H25N3O4S/c1-4-6-13-31-19-12-7-16(14-20(19)30-5-2)15-21-23(28)27-24(32-21)25-22(26-27)17-8-10-18(29-3)11-9-17/h7-12,14-15H,4-6,13H2,1-3H3. The Hall–Kier alpha value is -3.39. The highest BCUT2D eigenvalue weighted by molar-refractivity contribution is 7.15. The SMILES string of the molecule is CCCCOc1ccc(C=c2sc3nc(-c4ccc(OC)cc4)nn3c2=O)cc1OCC. The van der Waals surface area contributed by atoms with Crippen molar-refractivity contribution in [1.82, 2.24) is 14.6 Å². The first-order valence-electron chi connectivity index (χ1n) is 10.6. The molecule has 0 unspecified atom stereocenters. The summed E-state index contributed by atoms with van der Waals surface area (Å²) in [4.78, 5) is 18.0. The molecule has 0 aliphatic heterocycles. The largest absolute Gasteiger partial charge is 0.497 e. The third kappa shape index (κ3) is 4.60. The molecule has 8 heteroatoms. The van der Waals surface area contributed by atoms with Gasteiger partial charge < -0.3 is 14.2 Å². The molecule has 0 radical (unpaired) electrons. The Balaban J connectivity index is 1.64. The second kappa shape index (κ2) is 9.82. The minimum atomic E-state index is -0.196. The van der Waals surface area contributed by atoms with Crippen molar-refractivity contribution in [3.05, 3.63) is 62.9 Å². The van der Waals surface area contributed by atoms with Crippen LogP contribution in [0.25, 0.3) is 22.4 Å². The van der Waals surface area contributed by atoms with Gasteiger partial charge in [-0.25, -0.2) is 0 Å². The number of benzene rings is 2. The molecule has 2 heterocycles. The molecule has 0 spiro atoms. The molecule has 32 heavy (non-hydrogen) atoms. The van der Waals surface area contributed by atoms with E-state index in [0.717, 1.165) is 29.7 Å². The Labute approximate surface area is 189 Å². The predicted molar refractivity (Wildman–Crippen MR) is 126 cm³/mol. The third-order valence-corrected chi connectivity index (χ3v) is 5.81. The molecular weight excluding hydrogens is 426 g/mol. The lowest BCUT2D eigenvalue weighted by Crippen LogP contribution is -2.23. The van der Waals surface area contributed by atoms with Crippen LogP contribution in [0.15, 0.2) is 47.3 Å². The molecule has 0 N–H and O–H groups in total. The molecule has 4 rings (SSSR count). The molecule has 4 aromatic rings. The molecule has 0 bridgehead atoms. The maximum Gasteiger partial charge on any atom is 0.291 e. The van der Waals surface area contributed by atoms with Crippen molar-refractivity contribution >= 4 is 22.4 Å². The van der Waals surface area contributed by atoms with E-state index in [4.69, 9.17) is 14.2 Å². The quantitative estimate of drug-likeness (QED) is 0.359. The highest BCUT2D eigenvalue weighted by Gasteiger charge is 2.13. The first kappa shape index (κ1) is 21.8. The fourth-order valence-electron chi connectivity index (χ4n) is 3.18. The van der Waals surface area contributed by atoms with Crippen molar-refractivity contribution in [3.63, 3.8) is 0 Å². The highest BCUT2D eigenvalue weighted by atomic mass is 32.1. The van der Waals surface area contributed by atoms with E-state index in [-0.39, 0.29) is 5.56 Å². The zero-order valence-corrected chi connectivity index (χ0v) is 19.1. The van der Waals surface area contributed by atoms with Gasteiger partial charge in [-0.15, -0.1) is 5.10 Å². The average Bonchev–Trinajstić information content (AvgIpc) is 3.35. The maximum atomic E-state index is 12.9. The van der Waals surface area contributed by atoms with E-state index in [1.54, 1.807) is 7.11 Å².